The molecule has 0 aliphatic heterocycles. The standard InChI is InChI=1S/C7H9N3/c1-9-10-7-4-2-3-6(8)5-7/h2-5H,8H2,1H3/b10-9+. The molecule has 2 N–H and O–H groups in total. The molecule has 1 rings (SSSR count). The number of nitrogens with two attached hydrogens (primary N) is 1. The number of nitrogens with zero attached hydrogens (tertiary/aromatic N) is 2. The third kappa shape index (κ3) is 1.55. The smallest absolute Gasteiger partial charge is 0.0872 e. The summed E-state index contributed by atoms with van der Waals surface area (Å²) in [5.74, 6) is 0. The van der Waals surface area contributed by atoms with Gasteiger partial charge in [-0.15, -0.1) is 0 Å². The van der Waals surface area contributed by atoms with Crippen molar-refractivity contribution >= 4 is 11.4 Å². The van der Waals surface area contributed by atoms with Gasteiger partial charge >= 0.3 is 0 Å². The number of rotatable bonds is 1. The highest BCUT2D eigenvalue weighted by Crippen LogP contribution is 2.14. The molecule has 0 heterocycles. The quantitative estimate of drug-likeness (QED) is 0.464. The first-order chi connectivity index (χ1) is 4.83. The van der Waals surface area contributed by atoms with E-state index in [1.165, 1.54) is 0 Å². The fourth-order valence-electron chi connectivity index (χ4n) is 0.702. The van der Waals surface area contributed by atoms with E-state index in [0.717, 1.165) is 5.69 Å². The lowest BCUT2D eigenvalue weighted by molar-refractivity contribution is 1.17. The molecule has 0 bridgehead atoms. The average molecular weight is 135 g/mol. The number of hydrogen-bond acceptors (Lipinski definition) is 3. The Morgan fingerprint density at radius 3 is 2.80 bits per heavy atom. The molecule has 0 aromatic heterocycles. The summed E-state index contributed by atoms with van der Waals surface area (Å²) < 4.78 is 0. The van der Waals surface area contributed by atoms with Gasteiger partial charge in [-0.3, -0.25) is 0 Å². The molecule has 10 heavy (non-hydrogen) atoms. The van der Waals surface area contributed by atoms with Crippen LogP contribution in [-0.4, -0.2) is 7.05 Å². The van der Waals surface area contributed by atoms with Crippen LogP contribution >= 0.6 is 0 Å². The third-order valence-electron chi connectivity index (χ3n) is 1.09. The minimum atomic E-state index is 0.713. The van der Waals surface area contributed by atoms with E-state index in [2.05, 4.69) is 10.2 Å². The Kier molecular flexibility index (Phi) is 1.99. The fourth-order valence-corrected chi connectivity index (χ4v) is 0.702. The molecule has 0 aliphatic carbocycles. The predicted molar refractivity (Wildman–Crippen MR) is 41.3 cm³/mol. The lowest BCUT2D eigenvalue weighted by atomic mass is 10.3. The Balaban J connectivity index is 2.95. The summed E-state index contributed by atoms with van der Waals surface area (Å²) in [5, 5.41) is 7.43. The first-order valence-electron chi connectivity index (χ1n) is 2.98. The summed E-state index contributed by atoms with van der Waals surface area (Å²) in [5.41, 5.74) is 6.99. The summed E-state index contributed by atoms with van der Waals surface area (Å²) in [4.78, 5) is 0. The molecular formula is C7H9N3. The van der Waals surface area contributed by atoms with Gasteiger partial charge < -0.3 is 5.73 Å². The summed E-state index contributed by atoms with van der Waals surface area (Å²) >= 11 is 0. The largest absolute Gasteiger partial charge is 0.399 e. The van der Waals surface area contributed by atoms with Crippen LogP contribution in [0.15, 0.2) is 34.5 Å². The highest BCUT2D eigenvalue weighted by atomic mass is 15.1. The maximum atomic E-state index is 5.49. The van der Waals surface area contributed by atoms with Crippen LogP contribution in [0.25, 0.3) is 0 Å². The van der Waals surface area contributed by atoms with Gasteiger partial charge in [0.25, 0.3) is 0 Å². The molecule has 0 saturated carbocycles. The van der Waals surface area contributed by atoms with E-state index in [4.69, 9.17) is 5.73 Å². The molecule has 0 fully saturated rings. The van der Waals surface area contributed by atoms with E-state index >= 15 is 0 Å². The number of hydrogen-bond donors (Lipinski definition) is 1. The molecular weight excluding hydrogens is 126 g/mol. The van der Waals surface area contributed by atoms with Crippen molar-refractivity contribution < 1.29 is 0 Å². The van der Waals surface area contributed by atoms with Crippen molar-refractivity contribution in [1.82, 2.24) is 0 Å². The Bertz CT molecular complexity index is 242. The first-order valence-corrected chi connectivity index (χ1v) is 2.98. The second-order valence-corrected chi connectivity index (χ2v) is 1.89. The van der Waals surface area contributed by atoms with Gasteiger partial charge in [-0.05, 0) is 18.2 Å². The lowest BCUT2D eigenvalue weighted by Gasteiger charge is -1.91. The molecule has 52 valence electrons. The molecule has 0 unspecified atom stereocenters. The highest BCUT2D eigenvalue weighted by molar-refractivity contribution is 5.49. The van der Waals surface area contributed by atoms with Gasteiger partial charge in [0.05, 0.1) is 5.69 Å². The third-order valence-corrected chi connectivity index (χ3v) is 1.09. The highest BCUT2D eigenvalue weighted by Gasteiger charge is 1.86. The average Bonchev–Trinajstić information content (AvgIpc) is 1.88. The molecule has 3 nitrogen and oxygen atoms in total. The van der Waals surface area contributed by atoms with E-state index in [9.17, 15) is 0 Å². The Morgan fingerprint density at radius 2 is 2.20 bits per heavy atom. The normalized spacial score (nSPS) is 10.5. The number of nitrogen functional groups attached to an aromatic ring is 1. The molecule has 0 atom stereocenters. The van der Waals surface area contributed by atoms with Crippen LogP contribution in [-0.2, 0) is 0 Å². The second-order valence-electron chi connectivity index (χ2n) is 1.89. The van der Waals surface area contributed by atoms with Crippen LogP contribution < -0.4 is 5.73 Å². The topological polar surface area (TPSA) is 50.7 Å². The molecule has 0 saturated heterocycles. The summed E-state index contributed by atoms with van der Waals surface area (Å²) in [6.45, 7) is 0. The van der Waals surface area contributed by atoms with Crippen LogP contribution in [0.1, 0.15) is 0 Å². The lowest BCUT2D eigenvalue weighted by Crippen LogP contribution is -1.80. The van der Waals surface area contributed by atoms with Crippen LogP contribution in [0.4, 0.5) is 11.4 Å². The monoisotopic (exact) mass is 135 g/mol. The van der Waals surface area contributed by atoms with Crippen molar-refractivity contribution in [3.05, 3.63) is 24.3 Å². The molecule has 0 aliphatic rings. The van der Waals surface area contributed by atoms with Crippen molar-refractivity contribution in [3.63, 3.8) is 0 Å². The van der Waals surface area contributed by atoms with Crippen molar-refractivity contribution in [2.24, 2.45) is 10.2 Å². The fraction of sp³-hybridized carbons (Fsp3) is 0.143. The van der Waals surface area contributed by atoms with E-state index in [1.54, 1.807) is 13.1 Å². The SMILES string of the molecule is C/N=N/c1cccc(N)c1. The second kappa shape index (κ2) is 2.96. The summed E-state index contributed by atoms with van der Waals surface area (Å²) in [6, 6.07) is 7.28. The van der Waals surface area contributed by atoms with Gasteiger partial charge in [-0.1, -0.05) is 6.07 Å². The summed E-state index contributed by atoms with van der Waals surface area (Å²) in [6.07, 6.45) is 0. The van der Waals surface area contributed by atoms with E-state index < -0.39 is 0 Å². The number of azo groups is 1. The zero-order valence-electron chi connectivity index (χ0n) is 5.78. The van der Waals surface area contributed by atoms with Gasteiger partial charge in [0, 0.05) is 12.7 Å². The van der Waals surface area contributed by atoms with Crippen LogP contribution in [0.2, 0.25) is 0 Å². The van der Waals surface area contributed by atoms with Crippen molar-refractivity contribution in [2.75, 3.05) is 12.8 Å². The minimum absolute atomic E-state index is 0.713. The predicted octanol–water partition coefficient (Wildman–Crippen LogP) is 1.98. The summed E-state index contributed by atoms with van der Waals surface area (Å²) in [7, 11) is 1.63. The maximum absolute atomic E-state index is 5.49. The van der Waals surface area contributed by atoms with E-state index in [1.807, 2.05) is 18.2 Å². The molecule has 0 amide bonds. The maximum Gasteiger partial charge on any atom is 0.0872 e. The zero-order valence-corrected chi connectivity index (χ0v) is 5.78. The zero-order chi connectivity index (χ0) is 7.40. The molecule has 1 aromatic carbocycles. The van der Waals surface area contributed by atoms with E-state index in [-0.39, 0.29) is 0 Å². The van der Waals surface area contributed by atoms with Crippen LogP contribution in [0.5, 0.6) is 0 Å². The van der Waals surface area contributed by atoms with Gasteiger partial charge in [0.1, 0.15) is 0 Å². The van der Waals surface area contributed by atoms with Gasteiger partial charge in [0.15, 0.2) is 0 Å². The van der Waals surface area contributed by atoms with Gasteiger partial charge in [-0.25, -0.2) is 0 Å². The molecule has 1 aromatic rings. The van der Waals surface area contributed by atoms with Gasteiger partial charge in [0.2, 0.25) is 0 Å². The Hall–Kier alpha value is -1.38. The Labute approximate surface area is 59.6 Å². The van der Waals surface area contributed by atoms with Crippen LogP contribution in [0.3, 0.4) is 0 Å². The van der Waals surface area contributed by atoms with Crippen molar-refractivity contribution in [1.29, 1.82) is 0 Å². The number of benzene rings is 1. The molecule has 0 radical (unpaired) electrons. The first kappa shape index (κ1) is 6.74. The van der Waals surface area contributed by atoms with Crippen molar-refractivity contribution in [2.45, 2.75) is 0 Å². The molecule has 0 spiro atoms. The Morgan fingerprint density at radius 1 is 1.40 bits per heavy atom. The molecule has 3 heteroatoms. The van der Waals surface area contributed by atoms with Crippen LogP contribution in [0, 0.1) is 0 Å². The number of anilines is 1. The van der Waals surface area contributed by atoms with Crippen molar-refractivity contribution in [3.8, 4) is 0 Å². The van der Waals surface area contributed by atoms with Gasteiger partial charge in [-0.2, -0.15) is 10.2 Å². The minimum Gasteiger partial charge on any atom is -0.399 e. The van der Waals surface area contributed by atoms with E-state index in [0.29, 0.717) is 5.69 Å².